The largest absolute Gasteiger partial charge is 1.00 e. The number of hydrogen-bond acceptors (Lipinski definition) is 5. The summed E-state index contributed by atoms with van der Waals surface area (Å²) in [4.78, 5) is 22.4. The summed E-state index contributed by atoms with van der Waals surface area (Å²) in [6.45, 7) is 4.83. The smallest absolute Gasteiger partial charge is 0.546 e. The minimum absolute atomic E-state index is 0. The predicted molar refractivity (Wildman–Crippen MR) is 106 cm³/mol. The number of aliphatic hydroxyl groups is 1. The summed E-state index contributed by atoms with van der Waals surface area (Å²) in [5.41, 5.74) is -1.56. The van der Waals surface area contributed by atoms with Gasteiger partial charge >= 0.3 is 35.5 Å². The predicted octanol–water partition coefficient (Wildman–Crippen LogP) is 1.07. The van der Waals surface area contributed by atoms with Gasteiger partial charge in [0.05, 0.1) is 12.1 Å². The number of allylic oxidation sites excluding steroid dienone is 1. The second kappa shape index (κ2) is 18.7. The van der Waals surface area contributed by atoms with Crippen LogP contribution in [0.25, 0.3) is 0 Å². The molecular formula is C22H39NaO5. The summed E-state index contributed by atoms with van der Waals surface area (Å²) in [6.07, 6.45) is 16.6. The van der Waals surface area contributed by atoms with Crippen LogP contribution in [0, 0.1) is 0 Å². The van der Waals surface area contributed by atoms with Crippen molar-refractivity contribution in [3.05, 3.63) is 12.2 Å². The molecule has 0 heterocycles. The Morgan fingerprint density at radius 3 is 2.25 bits per heavy atom. The third-order valence-corrected chi connectivity index (χ3v) is 4.58. The molecule has 1 N–H and O–H groups in total. The Hall–Kier alpha value is -0.360. The maximum Gasteiger partial charge on any atom is 1.00 e. The zero-order chi connectivity index (χ0) is 20.5. The molecular weight excluding hydrogens is 367 g/mol. The number of carboxylic acid groups (broad SMARTS) is 1. The summed E-state index contributed by atoms with van der Waals surface area (Å²) in [7, 11) is 0. The SMILES string of the molecule is CCCCCCC(O)C/C=C\CCCCCCCC(=O)OC(C)(C)C(=O)[O-].[Na+]. The summed E-state index contributed by atoms with van der Waals surface area (Å²) >= 11 is 0. The first kappa shape index (κ1) is 29.8. The van der Waals surface area contributed by atoms with E-state index in [-0.39, 0.29) is 42.1 Å². The molecule has 28 heavy (non-hydrogen) atoms. The van der Waals surface area contributed by atoms with Crippen LogP contribution in [0.5, 0.6) is 0 Å². The number of carbonyl (C=O) groups excluding carboxylic acids is 2. The molecule has 0 spiro atoms. The Labute approximate surface area is 193 Å². The Morgan fingerprint density at radius 1 is 1.00 bits per heavy atom. The van der Waals surface area contributed by atoms with Gasteiger partial charge in [-0.05, 0) is 46.0 Å². The first-order valence-corrected chi connectivity index (χ1v) is 10.6. The second-order valence-corrected chi connectivity index (χ2v) is 7.79. The summed E-state index contributed by atoms with van der Waals surface area (Å²) in [5.74, 6) is -1.87. The van der Waals surface area contributed by atoms with Gasteiger partial charge < -0.3 is 19.7 Å². The van der Waals surface area contributed by atoms with Gasteiger partial charge in [-0.1, -0.05) is 64.0 Å². The van der Waals surface area contributed by atoms with Gasteiger partial charge in [-0.2, -0.15) is 0 Å². The summed E-state index contributed by atoms with van der Waals surface area (Å²) in [6, 6.07) is 0. The number of hydrogen-bond donors (Lipinski definition) is 1. The fraction of sp³-hybridized carbons (Fsp3) is 0.818. The van der Waals surface area contributed by atoms with Crippen molar-refractivity contribution in [2.75, 3.05) is 0 Å². The van der Waals surface area contributed by atoms with E-state index in [1.807, 2.05) is 0 Å². The molecule has 158 valence electrons. The van der Waals surface area contributed by atoms with Gasteiger partial charge in [0.1, 0.15) is 5.60 Å². The van der Waals surface area contributed by atoms with Gasteiger partial charge in [0.25, 0.3) is 0 Å². The molecule has 1 unspecified atom stereocenters. The quantitative estimate of drug-likeness (QED) is 0.169. The Bertz CT molecular complexity index is 435. The maximum atomic E-state index is 11.6. The van der Waals surface area contributed by atoms with E-state index >= 15 is 0 Å². The van der Waals surface area contributed by atoms with Crippen molar-refractivity contribution in [2.24, 2.45) is 0 Å². The molecule has 0 aromatic carbocycles. The Balaban J connectivity index is 0. The fourth-order valence-electron chi connectivity index (χ4n) is 2.73. The van der Waals surface area contributed by atoms with Gasteiger partial charge in [0.15, 0.2) is 0 Å². The standard InChI is InChI=1S/C22H40O5.Na/c1-4-5-6-13-16-19(23)17-14-11-9-7-8-10-12-15-18-20(24)27-22(2,3)21(25)26;/h11,14,19,23H,4-10,12-13,15-18H2,1-3H3,(H,25,26);/q;+1/p-1/b14-11-;. The maximum absolute atomic E-state index is 11.6. The number of aliphatic hydroxyl groups excluding tert-OH is 1. The van der Waals surface area contributed by atoms with Crippen molar-refractivity contribution in [3.63, 3.8) is 0 Å². The molecule has 5 nitrogen and oxygen atoms in total. The van der Waals surface area contributed by atoms with Crippen molar-refractivity contribution in [1.82, 2.24) is 0 Å². The molecule has 0 rings (SSSR count). The van der Waals surface area contributed by atoms with Crippen molar-refractivity contribution >= 4 is 11.9 Å². The normalized spacial score (nSPS) is 12.6. The van der Waals surface area contributed by atoms with E-state index in [1.165, 1.54) is 33.1 Å². The van der Waals surface area contributed by atoms with Gasteiger partial charge in [-0.3, -0.25) is 4.79 Å². The van der Waals surface area contributed by atoms with Crippen molar-refractivity contribution in [3.8, 4) is 0 Å². The van der Waals surface area contributed by atoms with E-state index in [4.69, 9.17) is 4.74 Å². The van der Waals surface area contributed by atoms with Gasteiger partial charge in [0.2, 0.25) is 0 Å². The number of rotatable bonds is 17. The fourth-order valence-corrected chi connectivity index (χ4v) is 2.73. The molecule has 0 bridgehead atoms. The van der Waals surface area contributed by atoms with Crippen LogP contribution in [-0.2, 0) is 14.3 Å². The molecule has 0 saturated heterocycles. The molecule has 0 amide bonds. The average Bonchev–Trinajstić information content (AvgIpc) is 2.59. The van der Waals surface area contributed by atoms with Gasteiger partial charge in [0, 0.05) is 6.42 Å². The summed E-state index contributed by atoms with van der Waals surface area (Å²) < 4.78 is 4.90. The molecule has 0 saturated carbocycles. The van der Waals surface area contributed by atoms with E-state index in [9.17, 15) is 19.8 Å². The third-order valence-electron chi connectivity index (χ3n) is 4.58. The number of aliphatic carboxylic acids is 1. The first-order valence-electron chi connectivity index (χ1n) is 10.6. The summed E-state index contributed by atoms with van der Waals surface area (Å²) in [5, 5.41) is 20.6. The minimum Gasteiger partial charge on any atom is -0.546 e. The Morgan fingerprint density at radius 2 is 1.61 bits per heavy atom. The van der Waals surface area contributed by atoms with E-state index < -0.39 is 17.5 Å². The van der Waals surface area contributed by atoms with E-state index in [0.29, 0.717) is 6.42 Å². The van der Waals surface area contributed by atoms with Crippen LogP contribution in [0.4, 0.5) is 0 Å². The average molecular weight is 407 g/mol. The molecule has 0 aliphatic heterocycles. The first-order chi connectivity index (χ1) is 12.8. The number of esters is 1. The number of unbranched alkanes of at least 4 members (excludes halogenated alkanes) is 8. The molecule has 0 aliphatic rings. The monoisotopic (exact) mass is 406 g/mol. The van der Waals surface area contributed by atoms with Crippen LogP contribution in [0.2, 0.25) is 0 Å². The van der Waals surface area contributed by atoms with E-state index in [1.54, 1.807) is 0 Å². The molecule has 6 heteroatoms. The van der Waals surface area contributed by atoms with Crippen LogP contribution in [0.1, 0.15) is 104 Å². The molecule has 0 radical (unpaired) electrons. The molecule has 0 aromatic heterocycles. The Kier molecular flexibility index (Phi) is 19.9. The number of carbonyl (C=O) groups is 2. The molecule has 0 fully saturated rings. The van der Waals surface area contributed by atoms with Crippen molar-refractivity contribution < 1.29 is 54.1 Å². The van der Waals surface area contributed by atoms with Gasteiger partial charge in [-0.25, -0.2) is 0 Å². The number of ether oxygens (including phenoxy) is 1. The van der Waals surface area contributed by atoms with Crippen LogP contribution < -0.4 is 34.7 Å². The molecule has 1 atom stereocenters. The van der Waals surface area contributed by atoms with Crippen LogP contribution in [0.15, 0.2) is 12.2 Å². The van der Waals surface area contributed by atoms with Crippen molar-refractivity contribution in [2.45, 2.75) is 116 Å². The topological polar surface area (TPSA) is 86.7 Å². The minimum atomic E-state index is -1.56. The van der Waals surface area contributed by atoms with E-state index in [0.717, 1.165) is 51.4 Å². The van der Waals surface area contributed by atoms with Crippen molar-refractivity contribution in [1.29, 1.82) is 0 Å². The zero-order valence-electron chi connectivity index (χ0n) is 18.5. The second-order valence-electron chi connectivity index (χ2n) is 7.79. The van der Waals surface area contributed by atoms with Crippen LogP contribution in [-0.4, -0.2) is 28.8 Å². The number of carboxylic acids is 1. The molecule has 0 aliphatic carbocycles. The zero-order valence-corrected chi connectivity index (χ0v) is 20.5. The molecule has 0 aromatic rings. The van der Waals surface area contributed by atoms with Crippen LogP contribution in [0.3, 0.4) is 0 Å². The van der Waals surface area contributed by atoms with E-state index in [2.05, 4.69) is 19.1 Å². The van der Waals surface area contributed by atoms with Crippen LogP contribution >= 0.6 is 0 Å². The third kappa shape index (κ3) is 17.7. The van der Waals surface area contributed by atoms with Gasteiger partial charge in [-0.15, -0.1) is 0 Å².